The smallest absolute Gasteiger partial charge is 0.220 e. The standard InChI is InChI=1S/C15H27NO/c1-5-6-10-15(17)16-12-11-14(4)9-7-8-13(2)3/h8,11H,5-7,9-10,12H2,1-4H3,(H,16,17)/b14-11+. The molecule has 0 aliphatic carbocycles. The van der Waals surface area contributed by atoms with Gasteiger partial charge in [0.15, 0.2) is 0 Å². The van der Waals surface area contributed by atoms with Gasteiger partial charge in [-0.1, -0.05) is 36.6 Å². The third kappa shape index (κ3) is 11.2. The molecule has 98 valence electrons. The first-order valence-corrected chi connectivity index (χ1v) is 6.62. The average molecular weight is 237 g/mol. The fourth-order valence-electron chi connectivity index (χ4n) is 1.46. The number of hydrogen-bond acceptors (Lipinski definition) is 1. The van der Waals surface area contributed by atoms with Gasteiger partial charge in [0, 0.05) is 13.0 Å². The number of allylic oxidation sites excluding steroid dienone is 3. The molecule has 1 N–H and O–H groups in total. The first kappa shape index (κ1) is 16.0. The average Bonchev–Trinajstić information content (AvgIpc) is 2.25. The van der Waals surface area contributed by atoms with Crippen LogP contribution in [0.25, 0.3) is 0 Å². The molecule has 0 unspecified atom stereocenters. The molecule has 2 nitrogen and oxygen atoms in total. The monoisotopic (exact) mass is 237 g/mol. The van der Waals surface area contributed by atoms with Crippen molar-refractivity contribution in [3.63, 3.8) is 0 Å². The maximum Gasteiger partial charge on any atom is 0.220 e. The van der Waals surface area contributed by atoms with Gasteiger partial charge in [0.05, 0.1) is 0 Å². The summed E-state index contributed by atoms with van der Waals surface area (Å²) in [6, 6.07) is 0. The molecule has 0 aromatic rings. The van der Waals surface area contributed by atoms with Gasteiger partial charge in [-0.3, -0.25) is 4.79 Å². The molecule has 0 aromatic carbocycles. The first-order valence-electron chi connectivity index (χ1n) is 6.62. The summed E-state index contributed by atoms with van der Waals surface area (Å²) in [6.07, 6.45) is 9.24. The number of amides is 1. The number of nitrogens with one attached hydrogen (secondary N) is 1. The summed E-state index contributed by atoms with van der Waals surface area (Å²) in [5.74, 6) is 0.167. The fourth-order valence-corrected chi connectivity index (χ4v) is 1.46. The molecule has 0 aromatic heterocycles. The van der Waals surface area contributed by atoms with Gasteiger partial charge in [-0.25, -0.2) is 0 Å². The molecule has 0 aliphatic rings. The lowest BCUT2D eigenvalue weighted by Crippen LogP contribution is -2.22. The van der Waals surface area contributed by atoms with Crippen LogP contribution in [0.3, 0.4) is 0 Å². The van der Waals surface area contributed by atoms with E-state index < -0.39 is 0 Å². The van der Waals surface area contributed by atoms with E-state index in [-0.39, 0.29) is 5.91 Å². The van der Waals surface area contributed by atoms with Gasteiger partial charge >= 0.3 is 0 Å². The molecular formula is C15H27NO. The third-order valence-electron chi connectivity index (χ3n) is 2.60. The lowest BCUT2D eigenvalue weighted by atomic mass is 10.1. The molecule has 17 heavy (non-hydrogen) atoms. The van der Waals surface area contributed by atoms with Crippen molar-refractivity contribution >= 4 is 5.91 Å². The first-order chi connectivity index (χ1) is 8.06. The molecule has 0 bridgehead atoms. The number of carbonyl (C=O) groups is 1. The normalized spacial score (nSPS) is 11.2. The Morgan fingerprint density at radius 3 is 2.41 bits per heavy atom. The fraction of sp³-hybridized carbons (Fsp3) is 0.667. The van der Waals surface area contributed by atoms with Crippen LogP contribution in [-0.4, -0.2) is 12.5 Å². The minimum Gasteiger partial charge on any atom is -0.353 e. The second-order valence-corrected chi connectivity index (χ2v) is 4.78. The zero-order chi connectivity index (χ0) is 13.1. The zero-order valence-electron chi connectivity index (χ0n) is 11.8. The van der Waals surface area contributed by atoms with Crippen molar-refractivity contribution in [1.82, 2.24) is 5.32 Å². The highest BCUT2D eigenvalue weighted by Crippen LogP contribution is 2.05. The van der Waals surface area contributed by atoms with Gasteiger partial charge in [0.25, 0.3) is 0 Å². The van der Waals surface area contributed by atoms with Crippen molar-refractivity contribution in [3.05, 3.63) is 23.3 Å². The van der Waals surface area contributed by atoms with E-state index in [1.165, 1.54) is 11.1 Å². The molecule has 0 radical (unpaired) electrons. The van der Waals surface area contributed by atoms with E-state index in [1.807, 2.05) is 0 Å². The summed E-state index contributed by atoms with van der Waals surface area (Å²) in [6.45, 7) is 9.13. The highest BCUT2D eigenvalue weighted by Gasteiger charge is 1.97. The third-order valence-corrected chi connectivity index (χ3v) is 2.60. The largest absolute Gasteiger partial charge is 0.353 e. The Morgan fingerprint density at radius 1 is 1.12 bits per heavy atom. The molecule has 0 rings (SSSR count). The minimum atomic E-state index is 0.167. The van der Waals surface area contributed by atoms with Gasteiger partial charge in [-0.05, 0) is 40.0 Å². The molecule has 0 fully saturated rings. The number of carbonyl (C=O) groups excluding carboxylic acids is 1. The predicted octanol–water partition coefficient (Wildman–Crippen LogP) is 3.99. The molecule has 0 saturated heterocycles. The van der Waals surface area contributed by atoms with Crippen LogP contribution in [0.5, 0.6) is 0 Å². The van der Waals surface area contributed by atoms with Crippen LogP contribution in [0.2, 0.25) is 0 Å². The molecule has 2 heteroatoms. The lowest BCUT2D eigenvalue weighted by molar-refractivity contribution is -0.120. The maximum absolute atomic E-state index is 11.3. The van der Waals surface area contributed by atoms with Crippen LogP contribution < -0.4 is 5.32 Å². The van der Waals surface area contributed by atoms with E-state index >= 15 is 0 Å². The summed E-state index contributed by atoms with van der Waals surface area (Å²) in [7, 11) is 0. The van der Waals surface area contributed by atoms with E-state index in [2.05, 4.69) is 45.2 Å². The van der Waals surface area contributed by atoms with E-state index in [0.717, 1.165) is 25.7 Å². The van der Waals surface area contributed by atoms with E-state index in [4.69, 9.17) is 0 Å². The Morgan fingerprint density at radius 2 is 1.82 bits per heavy atom. The van der Waals surface area contributed by atoms with Gasteiger partial charge in [0.2, 0.25) is 5.91 Å². The van der Waals surface area contributed by atoms with Crippen LogP contribution in [0.15, 0.2) is 23.3 Å². The van der Waals surface area contributed by atoms with Crippen molar-refractivity contribution in [1.29, 1.82) is 0 Å². The lowest BCUT2D eigenvalue weighted by Gasteiger charge is -2.03. The number of hydrogen-bond donors (Lipinski definition) is 1. The zero-order valence-corrected chi connectivity index (χ0v) is 11.8. The van der Waals surface area contributed by atoms with E-state index in [1.54, 1.807) is 0 Å². The summed E-state index contributed by atoms with van der Waals surface area (Å²) in [5.41, 5.74) is 2.71. The van der Waals surface area contributed by atoms with Crippen LogP contribution in [0.1, 0.15) is 59.8 Å². The number of unbranched alkanes of at least 4 members (excludes halogenated alkanes) is 1. The van der Waals surface area contributed by atoms with Crippen molar-refractivity contribution in [3.8, 4) is 0 Å². The van der Waals surface area contributed by atoms with Gasteiger partial charge in [0.1, 0.15) is 0 Å². The molecule has 0 atom stereocenters. The van der Waals surface area contributed by atoms with Crippen molar-refractivity contribution in [2.45, 2.75) is 59.8 Å². The summed E-state index contributed by atoms with van der Waals surface area (Å²) in [4.78, 5) is 11.3. The molecule has 0 spiro atoms. The Kier molecular flexibility index (Phi) is 9.50. The highest BCUT2D eigenvalue weighted by atomic mass is 16.1. The van der Waals surface area contributed by atoms with Crippen LogP contribution >= 0.6 is 0 Å². The summed E-state index contributed by atoms with van der Waals surface area (Å²) >= 11 is 0. The molecule has 1 amide bonds. The summed E-state index contributed by atoms with van der Waals surface area (Å²) < 4.78 is 0. The van der Waals surface area contributed by atoms with Gasteiger partial charge in [-0.2, -0.15) is 0 Å². The van der Waals surface area contributed by atoms with Crippen LogP contribution in [0.4, 0.5) is 0 Å². The maximum atomic E-state index is 11.3. The van der Waals surface area contributed by atoms with Crippen LogP contribution in [0, 0.1) is 0 Å². The van der Waals surface area contributed by atoms with Crippen LogP contribution in [-0.2, 0) is 4.79 Å². The van der Waals surface area contributed by atoms with E-state index in [9.17, 15) is 4.79 Å². The molecule has 0 heterocycles. The molecule has 0 aliphatic heterocycles. The van der Waals surface area contributed by atoms with Crippen molar-refractivity contribution in [2.75, 3.05) is 6.54 Å². The van der Waals surface area contributed by atoms with Crippen molar-refractivity contribution < 1.29 is 4.79 Å². The van der Waals surface area contributed by atoms with Gasteiger partial charge in [-0.15, -0.1) is 0 Å². The Labute approximate surface area is 106 Å². The van der Waals surface area contributed by atoms with E-state index in [0.29, 0.717) is 13.0 Å². The second-order valence-electron chi connectivity index (χ2n) is 4.78. The minimum absolute atomic E-state index is 0.167. The SMILES string of the molecule is CCCCC(=O)NC/C=C(\C)CCC=C(C)C. The molecule has 0 saturated carbocycles. The quantitative estimate of drug-likeness (QED) is 0.635. The highest BCUT2D eigenvalue weighted by molar-refractivity contribution is 5.75. The predicted molar refractivity (Wildman–Crippen MR) is 75.0 cm³/mol. The van der Waals surface area contributed by atoms with Crippen molar-refractivity contribution in [2.24, 2.45) is 0 Å². The Bertz CT molecular complexity index is 273. The Balaban J connectivity index is 3.69. The Hall–Kier alpha value is -1.05. The second kappa shape index (κ2) is 10.1. The topological polar surface area (TPSA) is 29.1 Å². The number of rotatable bonds is 8. The van der Waals surface area contributed by atoms with Gasteiger partial charge < -0.3 is 5.32 Å². The molecular weight excluding hydrogens is 210 g/mol. The summed E-state index contributed by atoms with van der Waals surface area (Å²) in [5, 5.41) is 2.92.